The van der Waals surface area contributed by atoms with Gasteiger partial charge in [0, 0.05) is 7.05 Å². The minimum Gasteiger partial charge on any atom is -0.386 e. The predicted octanol–water partition coefficient (Wildman–Crippen LogP) is 2.29. The summed E-state index contributed by atoms with van der Waals surface area (Å²) in [6.07, 6.45) is 0. The van der Waals surface area contributed by atoms with Crippen molar-refractivity contribution < 1.29 is 4.39 Å². The molecule has 3 heteroatoms. The topological polar surface area (TPSA) is 12.0 Å². The SMILES string of the molecule is CNc1ccccc1F.Cl. The third-order valence-corrected chi connectivity index (χ3v) is 1.14. The zero-order valence-electron chi connectivity index (χ0n) is 5.60. The summed E-state index contributed by atoms with van der Waals surface area (Å²) in [4.78, 5) is 0. The zero-order chi connectivity index (χ0) is 6.69. The number of rotatable bonds is 1. The fraction of sp³-hybridized carbons (Fsp3) is 0.143. The molecule has 0 bridgehead atoms. The van der Waals surface area contributed by atoms with E-state index in [9.17, 15) is 4.39 Å². The highest BCUT2D eigenvalue weighted by Crippen LogP contribution is 2.10. The van der Waals surface area contributed by atoms with Crippen LogP contribution >= 0.6 is 12.4 Å². The Balaban J connectivity index is 0.000000810. The van der Waals surface area contributed by atoms with Gasteiger partial charge in [-0.1, -0.05) is 12.1 Å². The van der Waals surface area contributed by atoms with Gasteiger partial charge >= 0.3 is 0 Å². The van der Waals surface area contributed by atoms with Crippen molar-refractivity contribution in [1.82, 2.24) is 0 Å². The van der Waals surface area contributed by atoms with Gasteiger partial charge in [0.05, 0.1) is 5.69 Å². The molecule has 0 unspecified atom stereocenters. The number of halogens is 2. The van der Waals surface area contributed by atoms with Crippen molar-refractivity contribution in [2.24, 2.45) is 0 Å². The van der Waals surface area contributed by atoms with E-state index in [1.165, 1.54) is 6.07 Å². The summed E-state index contributed by atoms with van der Waals surface area (Å²) in [6, 6.07) is 6.56. The average Bonchev–Trinajstić information content (AvgIpc) is 1.89. The maximum Gasteiger partial charge on any atom is 0.146 e. The van der Waals surface area contributed by atoms with Crippen LogP contribution in [-0.4, -0.2) is 7.05 Å². The average molecular weight is 162 g/mol. The monoisotopic (exact) mass is 161 g/mol. The summed E-state index contributed by atoms with van der Waals surface area (Å²) >= 11 is 0. The predicted molar refractivity (Wildman–Crippen MR) is 43.2 cm³/mol. The first-order valence-corrected chi connectivity index (χ1v) is 2.77. The molecule has 0 aliphatic carbocycles. The maximum absolute atomic E-state index is 12.5. The Bertz CT molecular complexity index is 203. The Morgan fingerprint density at radius 1 is 1.30 bits per heavy atom. The fourth-order valence-electron chi connectivity index (χ4n) is 0.664. The molecule has 0 radical (unpaired) electrons. The van der Waals surface area contributed by atoms with E-state index in [1.54, 1.807) is 25.2 Å². The van der Waals surface area contributed by atoms with E-state index in [1.807, 2.05) is 0 Å². The first kappa shape index (κ1) is 9.24. The smallest absolute Gasteiger partial charge is 0.146 e. The zero-order valence-corrected chi connectivity index (χ0v) is 6.41. The third kappa shape index (κ3) is 1.88. The molecule has 1 rings (SSSR count). The molecule has 1 aromatic carbocycles. The van der Waals surface area contributed by atoms with Crippen LogP contribution < -0.4 is 5.32 Å². The molecule has 56 valence electrons. The molecule has 1 N–H and O–H groups in total. The van der Waals surface area contributed by atoms with Crippen molar-refractivity contribution in [2.45, 2.75) is 0 Å². The van der Waals surface area contributed by atoms with Crippen LogP contribution in [0.5, 0.6) is 0 Å². The highest BCUT2D eigenvalue weighted by atomic mass is 35.5. The second-order valence-corrected chi connectivity index (χ2v) is 1.73. The van der Waals surface area contributed by atoms with E-state index in [2.05, 4.69) is 5.32 Å². The molecular formula is C7H9ClFN. The Kier molecular flexibility index (Phi) is 3.81. The number of anilines is 1. The van der Waals surface area contributed by atoms with E-state index in [4.69, 9.17) is 0 Å². The van der Waals surface area contributed by atoms with Gasteiger partial charge in [-0.15, -0.1) is 12.4 Å². The van der Waals surface area contributed by atoms with E-state index in [0.717, 1.165) is 0 Å². The number of benzene rings is 1. The van der Waals surface area contributed by atoms with Crippen LogP contribution in [-0.2, 0) is 0 Å². The van der Waals surface area contributed by atoms with Crippen molar-refractivity contribution in [3.63, 3.8) is 0 Å². The highest BCUT2D eigenvalue weighted by Gasteiger charge is 1.93. The van der Waals surface area contributed by atoms with Crippen LogP contribution in [0.25, 0.3) is 0 Å². The Hall–Kier alpha value is -0.760. The lowest BCUT2D eigenvalue weighted by atomic mass is 10.3. The molecule has 0 amide bonds. The first-order chi connectivity index (χ1) is 4.34. The largest absolute Gasteiger partial charge is 0.386 e. The summed E-state index contributed by atoms with van der Waals surface area (Å²) < 4.78 is 12.5. The van der Waals surface area contributed by atoms with Crippen molar-refractivity contribution in [3.8, 4) is 0 Å². The Morgan fingerprint density at radius 2 is 1.90 bits per heavy atom. The van der Waals surface area contributed by atoms with Crippen LogP contribution in [0.15, 0.2) is 24.3 Å². The van der Waals surface area contributed by atoms with Gasteiger partial charge in [0.25, 0.3) is 0 Å². The molecule has 0 aromatic heterocycles. The Labute approximate surface area is 65.7 Å². The van der Waals surface area contributed by atoms with Crippen molar-refractivity contribution in [3.05, 3.63) is 30.1 Å². The Morgan fingerprint density at radius 3 is 2.30 bits per heavy atom. The molecule has 0 heterocycles. The number of nitrogens with one attached hydrogen (secondary N) is 1. The lowest BCUT2D eigenvalue weighted by Gasteiger charge is -1.97. The number of hydrogen-bond donors (Lipinski definition) is 1. The molecule has 10 heavy (non-hydrogen) atoms. The van der Waals surface area contributed by atoms with Gasteiger partial charge in [-0.2, -0.15) is 0 Å². The van der Waals surface area contributed by atoms with Crippen LogP contribution in [0, 0.1) is 5.82 Å². The van der Waals surface area contributed by atoms with E-state index in [0.29, 0.717) is 5.69 Å². The van der Waals surface area contributed by atoms with E-state index >= 15 is 0 Å². The first-order valence-electron chi connectivity index (χ1n) is 2.77. The normalized spacial score (nSPS) is 8.20. The van der Waals surface area contributed by atoms with E-state index in [-0.39, 0.29) is 18.2 Å². The molecule has 1 aromatic rings. The quantitative estimate of drug-likeness (QED) is 0.667. The standard InChI is InChI=1S/C7H8FN.ClH/c1-9-7-5-3-2-4-6(7)8;/h2-5,9H,1H3;1H. The molecule has 0 fully saturated rings. The third-order valence-electron chi connectivity index (χ3n) is 1.14. The maximum atomic E-state index is 12.5. The van der Waals surface area contributed by atoms with Gasteiger partial charge in [0.15, 0.2) is 0 Å². The summed E-state index contributed by atoms with van der Waals surface area (Å²) in [7, 11) is 1.69. The molecule has 0 saturated heterocycles. The summed E-state index contributed by atoms with van der Waals surface area (Å²) in [5.41, 5.74) is 0.539. The summed E-state index contributed by atoms with van der Waals surface area (Å²) in [6.45, 7) is 0. The molecule has 0 atom stereocenters. The van der Waals surface area contributed by atoms with Crippen LogP contribution in [0.4, 0.5) is 10.1 Å². The van der Waals surface area contributed by atoms with Gasteiger partial charge in [-0.05, 0) is 12.1 Å². The molecule has 0 aliphatic rings. The summed E-state index contributed by atoms with van der Waals surface area (Å²) in [5.74, 6) is -0.208. The van der Waals surface area contributed by atoms with Crippen LogP contribution in [0.3, 0.4) is 0 Å². The van der Waals surface area contributed by atoms with Gasteiger partial charge in [-0.3, -0.25) is 0 Å². The van der Waals surface area contributed by atoms with Crippen molar-refractivity contribution in [2.75, 3.05) is 12.4 Å². The van der Waals surface area contributed by atoms with Gasteiger partial charge in [0.2, 0.25) is 0 Å². The minimum absolute atomic E-state index is 0. The molecule has 0 saturated carbocycles. The number of hydrogen-bond acceptors (Lipinski definition) is 1. The molecule has 0 aliphatic heterocycles. The molecule has 0 spiro atoms. The molecular weight excluding hydrogens is 153 g/mol. The molecule has 1 nitrogen and oxygen atoms in total. The van der Waals surface area contributed by atoms with Crippen LogP contribution in [0.2, 0.25) is 0 Å². The van der Waals surface area contributed by atoms with Crippen molar-refractivity contribution in [1.29, 1.82) is 0 Å². The minimum atomic E-state index is -0.208. The van der Waals surface area contributed by atoms with Gasteiger partial charge in [0.1, 0.15) is 5.82 Å². The highest BCUT2D eigenvalue weighted by molar-refractivity contribution is 5.85. The van der Waals surface area contributed by atoms with Crippen molar-refractivity contribution >= 4 is 18.1 Å². The second-order valence-electron chi connectivity index (χ2n) is 1.73. The fourth-order valence-corrected chi connectivity index (χ4v) is 0.664. The lowest BCUT2D eigenvalue weighted by molar-refractivity contribution is 0.631. The number of para-hydroxylation sites is 1. The van der Waals surface area contributed by atoms with Gasteiger partial charge < -0.3 is 5.32 Å². The van der Waals surface area contributed by atoms with Gasteiger partial charge in [-0.25, -0.2) is 4.39 Å². The summed E-state index contributed by atoms with van der Waals surface area (Å²) in [5, 5.41) is 2.72. The lowest BCUT2D eigenvalue weighted by Crippen LogP contribution is -1.90. The van der Waals surface area contributed by atoms with E-state index < -0.39 is 0 Å². The van der Waals surface area contributed by atoms with Crippen LogP contribution in [0.1, 0.15) is 0 Å². The second kappa shape index (κ2) is 4.12.